The Hall–Kier alpha value is -1.79. The molecule has 2 fully saturated rings. The molecule has 1 aliphatic heterocycles. The lowest BCUT2D eigenvalue weighted by molar-refractivity contribution is -0.335. The maximum absolute atomic E-state index is 6.50. The van der Waals surface area contributed by atoms with Crippen molar-refractivity contribution in [3.05, 3.63) is 15.2 Å². The molecule has 1 aliphatic carbocycles. The molecular formula is C17H19ClIN8O+. The van der Waals surface area contributed by atoms with Crippen LogP contribution < -0.4 is 33.2 Å². The molecule has 0 amide bonds. The number of morpholine rings is 1. The SMILES string of the molecule is Nc1ncc(-c2nc(N3CCOCC3)c3nc(Cl)n(CC4CC4)c3n2)c([IH+])n1. The van der Waals surface area contributed by atoms with Crippen LogP contribution in [0.1, 0.15) is 12.8 Å². The van der Waals surface area contributed by atoms with E-state index in [1.165, 1.54) is 12.8 Å². The van der Waals surface area contributed by atoms with Crippen molar-refractivity contribution in [2.75, 3.05) is 36.9 Å². The minimum absolute atomic E-state index is 0.236. The van der Waals surface area contributed by atoms with Crippen LogP contribution in [0.2, 0.25) is 5.28 Å². The minimum Gasteiger partial charge on any atom is -0.378 e. The van der Waals surface area contributed by atoms with Crippen LogP contribution in [-0.4, -0.2) is 55.8 Å². The van der Waals surface area contributed by atoms with Gasteiger partial charge in [0.1, 0.15) is 5.56 Å². The van der Waals surface area contributed by atoms with E-state index < -0.39 is 0 Å². The summed E-state index contributed by atoms with van der Waals surface area (Å²) in [5.74, 6) is 2.21. The van der Waals surface area contributed by atoms with Crippen molar-refractivity contribution in [3.8, 4) is 11.4 Å². The summed E-state index contributed by atoms with van der Waals surface area (Å²) in [6.07, 6.45) is 4.11. The Kier molecular flexibility index (Phi) is 4.71. The van der Waals surface area contributed by atoms with Crippen molar-refractivity contribution in [1.82, 2.24) is 29.5 Å². The Morgan fingerprint density at radius 1 is 1.18 bits per heavy atom. The highest BCUT2D eigenvalue weighted by molar-refractivity contribution is 6.29. The topological polar surface area (TPSA) is 108 Å². The van der Waals surface area contributed by atoms with Crippen molar-refractivity contribution in [1.29, 1.82) is 0 Å². The Balaban J connectivity index is 1.71. The van der Waals surface area contributed by atoms with Gasteiger partial charge in [0.25, 0.3) is 3.70 Å². The molecular weight excluding hydrogens is 495 g/mol. The summed E-state index contributed by atoms with van der Waals surface area (Å²) in [5.41, 5.74) is 7.95. The van der Waals surface area contributed by atoms with Gasteiger partial charge in [-0.1, -0.05) is 0 Å². The van der Waals surface area contributed by atoms with Gasteiger partial charge in [-0.15, -0.1) is 0 Å². The molecule has 0 radical (unpaired) electrons. The Labute approximate surface area is 179 Å². The fraction of sp³-hybridized carbons (Fsp3) is 0.471. The molecule has 3 aromatic heterocycles. The van der Waals surface area contributed by atoms with Crippen LogP contribution in [0.4, 0.5) is 11.8 Å². The predicted molar refractivity (Wildman–Crippen MR) is 102 cm³/mol. The third kappa shape index (κ3) is 3.37. The van der Waals surface area contributed by atoms with Crippen molar-refractivity contribution in [3.63, 3.8) is 0 Å². The first-order chi connectivity index (χ1) is 13.6. The zero-order chi connectivity index (χ0) is 19.3. The number of hydrogen-bond acceptors (Lipinski definition) is 8. The van der Waals surface area contributed by atoms with Crippen molar-refractivity contribution >= 4 is 34.5 Å². The molecule has 9 nitrogen and oxygen atoms in total. The predicted octanol–water partition coefficient (Wildman–Crippen LogP) is -1.78. The number of rotatable bonds is 4. The highest BCUT2D eigenvalue weighted by atomic mass is 127. The first kappa shape index (κ1) is 18.3. The van der Waals surface area contributed by atoms with Gasteiger partial charge in [-0.25, -0.2) is 19.9 Å². The lowest BCUT2D eigenvalue weighted by atomic mass is 10.3. The van der Waals surface area contributed by atoms with Gasteiger partial charge in [0, 0.05) is 25.8 Å². The van der Waals surface area contributed by atoms with Crippen molar-refractivity contribution < 1.29 is 27.3 Å². The molecule has 5 rings (SSSR count). The maximum Gasteiger partial charge on any atom is 0.319 e. The monoisotopic (exact) mass is 513 g/mol. The lowest BCUT2D eigenvalue weighted by Gasteiger charge is -2.28. The van der Waals surface area contributed by atoms with E-state index in [0.717, 1.165) is 45.9 Å². The third-order valence-electron chi connectivity index (χ3n) is 4.99. The van der Waals surface area contributed by atoms with Crippen LogP contribution in [-0.2, 0) is 11.3 Å². The van der Waals surface area contributed by atoms with Crippen LogP contribution in [0.25, 0.3) is 22.6 Å². The Morgan fingerprint density at radius 2 is 1.96 bits per heavy atom. The fourth-order valence-electron chi connectivity index (χ4n) is 3.33. The molecule has 146 valence electrons. The summed E-state index contributed by atoms with van der Waals surface area (Å²) < 4.78 is 8.24. The van der Waals surface area contributed by atoms with E-state index in [2.05, 4.69) is 19.9 Å². The summed E-state index contributed by atoms with van der Waals surface area (Å²) in [7, 11) is 0. The molecule has 2 N–H and O–H groups in total. The summed E-state index contributed by atoms with van der Waals surface area (Å²) in [6, 6.07) is 0. The summed E-state index contributed by atoms with van der Waals surface area (Å²) in [6.45, 7) is 3.63. The fourth-order valence-corrected chi connectivity index (χ4v) is 4.24. The number of hydrogen-bond donors (Lipinski definition) is 1. The van der Waals surface area contributed by atoms with E-state index in [1.54, 1.807) is 28.8 Å². The second-order valence-electron chi connectivity index (χ2n) is 7.02. The van der Waals surface area contributed by atoms with Gasteiger partial charge < -0.3 is 15.4 Å². The molecule has 0 unspecified atom stereocenters. The van der Waals surface area contributed by atoms with E-state index in [4.69, 9.17) is 32.0 Å². The first-order valence-electron chi connectivity index (χ1n) is 9.16. The summed E-state index contributed by atoms with van der Waals surface area (Å²) in [4.78, 5) is 24.8. The van der Waals surface area contributed by atoms with E-state index in [9.17, 15) is 0 Å². The van der Waals surface area contributed by atoms with Crippen molar-refractivity contribution in [2.24, 2.45) is 5.92 Å². The smallest absolute Gasteiger partial charge is 0.319 e. The van der Waals surface area contributed by atoms with Gasteiger partial charge in [-0.3, -0.25) is 4.57 Å². The van der Waals surface area contributed by atoms with Crippen LogP contribution in [0.15, 0.2) is 6.20 Å². The highest BCUT2D eigenvalue weighted by Gasteiger charge is 2.28. The van der Waals surface area contributed by atoms with Gasteiger partial charge in [-0.2, -0.15) is 4.98 Å². The molecule has 1 saturated carbocycles. The number of imidazole rings is 1. The Morgan fingerprint density at radius 3 is 2.68 bits per heavy atom. The van der Waals surface area contributed by atoms with Gasteiger partial charge in [0.05, 0.1) is 13.2 Å². The first-order valence-corrected chi connectivity index (χ1v) is 10.7. The van der Waals surface area contributed by atoms with Crippen LogP contribution in [0.3, 0.4) is 0 Å². The van der Waals surface area contributed by atoms with Crippen molar-refractivity contribution in [2.45, 2.75) is 19.4 Å². The molecule has 1 saturated heterocycles. The highest BCUT2D eigenvalue weighted by Crippen LogP contribution is 2.35. The standard InChI is InChI=1S/C17H19ClIN8O/c18-16-22-11-14(26-3-5-28-6-4-26)24-13(10-7-21-17(20)23-12(10)19)25-15(11)27(16)8-9-1-2-9/h7,9,19H,1-6,8H2,(H2,20,21,23)/q+1. The summed E-state index contributed by atoms with van der Waals surface area (Å²) in [5, 5.41) is 0.453. The van der Waals surface area contributed by atoms with Crippen LogP contribution in [0.5, 0.6) is 0 Å². The normalized spacial score (nSPS) is 17.4. The average molecular weight is 514 g/mol. The number of anilines is 2. The number of nitrogens with two attached hydrogens (primary N) is 1. The van der Waals surface area contributed by atoms with Gasteiger partial charge >= 0.3 is 22.6 Å². The molecule has 28 heavy (non-hydrogen) atoms. The molecule has 4 heterocycles. The minimum atomic E-state index is 0.236. The number of ether oxygens (including phenoxy) is 1. The van der Waals surface area contributed by atoms with Gasteiger partial charge in [0.15, 0.2) is 22.8 Å². The van der Waals surface area contributed by atoms with Gasteiger partial charge in [-0.05, 0) is 30.4 Å². The zero-order valence-electron chi connectivity index (χ0n) is 15.0. The maximum atomic E-state index is 6.50. The number of nitrogens with zero attached hydrogens (tertiary/aromatic N) is 7. The molecule has 3 aromatic rings. The number of fused-ring (bicyclic) bond motifs is 1. The number of halogens is 2. The molecule has 0 bridgehead atoms. The van der Waals surface area contributed by atoms with E-state index in [1.807, 2.05) is 4.57 Å². The van der Waals surface area contributed by atoms with E-state index in [0.29, 0.717) is 30.2 Å². The van der Waals surface area contributed by atoms with Crippen LogP contribution in [0, 0.1) is 9.62 Å². The quantitative estimate of drug-likeness (QED) is 0.248. The zero-order valence-corrected chi connectivity index (χ0v) is 18.1. The largest absolute Gasteiger partial charge is 0.378 e. The number of nitrogen functional groups attached to an aromatic ring is 1. The van der Waals surface area contributed by atoms with E-state index >= 15 is 0 Å². The van der Waals surface area contributed by atoms with Crippen LogP contribution >= 0.6 is 11.6 Å². The second kappa shape index (κ2) is 7.23. The molecule has 11 heteroatoms. The Bertz CT molecular complexity index is 1050. The molecule has 0 aromatic carbocycles. The lowest BCUT2D eigenvalue weighted by Crippen LogP contribution is -3.34. The number of aromatic nitrogens is 6. The summed E-state index contributed by atoms with van der Waals surface area (Å²) >= 11 is 8.30. The average Bonchev–Trinajstić information content (AvgIpc) is 3.46. The van der Waals surface area contributed by atoms with E-state index in [-0.39, 0.29) is 5.95 Å². The second-order valence-corrected chi connectivity index (χ2v) is 8.47. The molecule has 0 spiro atoms. The molecule has 0 atom stereocenters. The third-order valence-corrected chi connectivity index (χ3v) is 6.17. The molecule has 2 aliphatic rings. The van der Waals surface area contributed by atoms with Gasteiger partial charge in [0.2, 0.25) is 11.2 Å².